The molecule has 2 aliphatic rings. The maximum absolute atomic E-state index is 12.2. The zero-order chi connectivity index (χ0) is 20.1. The maximum atomic E-state index is 12.2. The van der Waals surface area contributed by atoms with Crippen LogP contribution in [0.5, 0.6) is 17.2 Å². The molecule has 0 amide bonds. The van der Waals surface area contributed by atoms with Gasteiger partial charge in [0, 0.05) is 39.3 Å². The van der Waals surface area contributed by atoms with Crippen molar-refractivity contribution < 1.29 is 22.1 Å². The van der Waals surface area contributed by atoms with Crippen LogP contribution in [0.4, 0.5) is 0 Å². The van der Waals surface area contributed by atoms with Crippen LogP contribution in [-0.4, -0.2) is 69.9 Å². The van der Waals surface area contributed by atoms with Gasteiger partial charge in [0.05, 0.1) is 5.75 Å². The van der Waals surface area contributed by atoms with Crippen LogP contribution in [0, 0.1) is 0 Å². The quantitative estimate of drug-likeness (QED) is 0.637. The SMILES string of the molecule is O=S(=O)(CCN1CCN(Cc2ccc3c(c2)OCCO3)CC1)Oc1ccccc1. The minimum absolute atomic E-state index is 0.00987. The van der Waals surface area contributed by atoms with E-state index in [1.165, 1.54) is 5.56 Å². The topological polar surface area (TPSA) is 68.3 Å². The molecule has 0 unspecified atom stereocenters. The molecule has 0 bridgehead atoms. The molecule has 0 spiro atoms. The van der Waals surface area contributed by atoms with E-state index in [2.05, 4.69) is 15.9 Å². The van der Waals surface area contributed by atoms with Gasteiger partial charge in [0.25, 0.3) is 0 Å². The largest absolute Gasteiger partial charge is 0.486 e. The third-order valence-corrected chi connectivity index (χ3v) is 6.23. The van der Waals surface area contributed by atoms with Gasteiger partial charge < -0.3 is 13.7 Å². The molecule has 0 aromatic heterocycles. The molecule has 1 fully saturated rings. The number of rotatable bonds is 7. The lowest BCUT2D eigenvalue weighted by molar-refractivity contribution is 0.131. The van der Waals surface area contributed by atoms with Crippen molar-refractivity contribution in [1.82, 2.24) is 9.80 Å². The second-order valence-corrected chi connectivity index (χ2v) is 8.94. The van der Waals surface area contributed by atoms with Crippen LogP contribution < -0.4 is 13.7 Å². The number of fused-ring (bicyclic) bond motifs is 1. The van der Waals surface area contributed by atoms with Gasteiger partial charge in [-0.2, -0.15) is 8.42 Å². The highest BCUT2D eigenvalue weighted by atomic mass is 32.2. The summed E-state index contributed by atoms with van der Waals surface area (Å²) in [5.74, 6) is 1.97. The van der Waals surface area contributed by atoms with E-state index in [1.807, 2.05) is 18.2 Å². The van der Waals surface area contributed by atoms with Crippen LogP contribution in [0.15, 0.2) is 48.5 Å². The number of para-hydroxylation sites is 1. The van der Waals surface area contributed by atoms with Crippen LogP contribution in [0.3, 0.4) is 0 Å². The second-order valence-electron chi connectivity index (χ2n) is 7.25. The normalized spacial score (nSPS) is 17.8. The van der Waals surface area contributed by atoms with Crippen molar-refractivity contribution in [2.45, 2.75) is 6.54 Å². The van der Waals surface area contributed by atoms with Crippen LogP contribution in [-0.2, 0) is 16.7 Å². The predicted molar refractivity (Wildman–Crippen MR) is 110 cm³/mol. The summed E-state index contributed by atoms with van der Waals surface area (Å²) >= 11 is 0. The minimum atomic E-state index is -3.59. The Morgan fingerprint density at radius 3 is 2.31 bits per heavy atom. The molecule has 0 aliphatic carbocycles. The number of ether oxygens (including phenoxy) is 2. The minimum Gasteiger partial charge on any atom is -0.486 e. The highest BCUT2D eigenvalue weighted by Crippen LogP contribution is 2.31. The summed E-state index contributed by atoms with van der Waals surface area (Å²) in [6, 6.07) is 14.7. The fourth-order valence-corrected chi connectivity index (χ4v) is 4.49. The number of benzene rings is 2. The molecular formula is C21H26N2O5S. The van der Waals surface area contributed by atoms with Gasteiger partial charge in [-0.25, -0.2) is 0 Å². The molecule has 2 aromatic rings. The molecule has 156 valence electrons. The molecule has 7 nitrogen and oxygen atoms in total. The molecule has 0 atom stereocenters. The first-order valence-electron chi connectivity index (χ1n) is 9.88. The summed E-state index contributed by atoms with van der Waals surface area (Å²) in [7, 11) is -3.59. The first-order valence-corrected chi connectivity index (χ1v) is 11.5. The monoisotopic (exact) mass is 418 g/mol. The molecule has 0 radical (unpaired) electrons. The van der Waals surface area contributed by atoms with E-state index in [1.54, 1.807) is 24.3 Å². The molecule has 8 heteroatoms. The molecule has 0 N–H and O–H groups in total. The molecular weight excluding hydrogens is 392 g/mol. The Morgan fingerprint density at radius 1 is 0.862 bits per heavy atom. The van der Waals surface area contributed by atoms with E-state index >= 15 is 0 Å². The van der Waals surface area contributed by atoms with E-state index in [0.29, 0.717) is 25.5 Å². The van der Waals surface area contributed by atoms with E-state index in [4.69, 9.17) is 13.7 Å². The van der Waals surface area contributed by atoms with E-state index in [9.17, 15) is 8.42 Å². The lowest BCUT2D eigenvalue weighted by Gasteiger charge is -2.34. The molecule has 1 saturated heterocycles. The number of hydrogen-bond acceptors (Lipinski definition) is 7. The fourth-order valence-electron chi connectivity index (χ4n) is 3.52. The summed E-state index contributed by atoms with van der Waals surface area (Å²) in [4.78, 5) is 4.54. The molecule has 2 heterocycles. The summed E-state index contributed by atoms with van der Waals surface area (Å²) < 4.78 is 40.7. The van der Waals surface area contributed by atoms with Gasteiger partial charge in [-0.05, 0) is 29.8 Å². The van der Waals surface area contributed by atoms with Crippen molar-refractivity contribution in [3.8, 4) is 17.2 Å². The molecule has 4 rings (SSSR count). The smallest absolute Gasteiger partial charge is 0.310 e. The van der Waals surface area contributed by atoms with E-state index in [-0.39, 0.29) is 5.75 Å². The van der Waals surface area contributed by atoms with Gasteiger partial charge in [-0.1, -0.05) is 24.3 Å². The van der Waals surface area contributed by atoms with Crippen molar-refractivity contribution in [1.29, 1.82) is 0 Å². The Bertz CT molecular complexity index is 912. The third kappa shape index (κ3) is 5.62. The average Bonchev–Trinajstić information content (AvgIpc) is 2.74. The van der Waals surface area contributed by atoms with Crippen molar-refractivity contribution in [3.05, 3.63) is 54.1 Å². The second kappa shape index (κ2) is 9.02. The Kier molecular flexibility index (Phi) is 6.22. The Hall–Kier alpha value is -2.29. The third-order valence-electron chi connectivity index (χ3n) is 5.10. The summed E-state index contributed by atoms with van der Waals surface area (Å²) in [5, 5.41) is 0. The summed E-state index contributed by atoms with van der Waals surface area (Å²) in [6.07, 6.45) is 0. The number of hydrogen-bond donors (Lipinski definition) is 0. The van der Waals surface area contributed by atoms with Gasteiger partial charge in [-0.3, -0.25) is 9.80 Å². The van der Waals surface area contributed by atoms with Crippen molar-refractivity contribution in [2.24, 2.45) is 0 Å². The Morgan fingerprint density at radius 2 is 1.55 bits per heavy atom. The Labute approximate surface area is 171 Å². The molecule has 0 saturated carbocycles. The fraction of sp³-hybridized carbons (Fsp3) is 0.429. The highest BCUT2D eigenvalue weighted by molar-refractivity contribution is 7.87. The van der Waals surface area contributed by atoms with Crippen molar-refractivity contribution in [3.63, 3.8) is 0 Å². The standard InChI is InChI=1S/C21H26N2O5S/c24-29(25,28-19-4-2-1-3-5-19)15-12-22-8-10-23(11-9-22)17-18-6-7-20-21(16-18)27-14-13-26-20/h1-7,16H,8-15,17H2. The lowest BCUT2D eigenvalue weighted by Crippen LogP contribution is -2.47. The highest BCUT2D eigenvalue weighted by Gasteiger charge is 2.21. The van der Waals surface area contributed by atoms with Crippen LogP contribution in [0.25, 0.3) is 0 Å². The average molecular weight is 419 g/mol. The van der Waals surface area contributed by atoms with E-state index in [0.717, 1.165) is 44.2 Å². The van der Waals surface area contributed by atoms with Gasteiger partial charge >= 0.3 is 10.1 Å². The first kappa shape index (κ1) is 20.0. The number of piperazine rings is 1. The van der Waals surface area contributed by atoms with Crippen LogP contribution in [0.1, 0.15) is 5.56 Å². The Balaban J connectivity index is 1.22. The van der Waals surface area contributed by atoms with Gasteiger partial charge in [0.1, 0.15) is 19.0 Å². The predicted octanol–water partition coefficient (Wildman–Crippen LogP) is 1.98. The molecule has 2 aromatic carbocycles. The zero-order valence-corrected chi connectivity index (χ0v) is 17.1. The van der Waals surface area contributed by atoms with Crippen molar-refractivity contribution >= 4 is 10.1 Å². The maximum Gasteiger partial charge on any atom is 0.310 e. The van der Waals surface area contributed by atoms with Gasteiger partial charge in [0.2, 0.25) is 0 Å². The van der Waals surface area contributed by atoms with Gasteiger partial charge in [-0.15, -0.1) is 0 Å². The van der Waals surface area contributed by atoms with E-state index < -0.39 is 10.1 Å². The van der Waals surface area contributed by atoms with Crippen LogP contribution >= 0.6 is 0 Å². The zero-order valence-electron chi connectivity index (χ0n) is 16.3. The molecule has 29 heavy (non-hydrogen) atoms. The summed E-state index contributed by atoms with van der Waals surface area (Å²) in [5.41, 5.74) is 1.20. The number of nitrogens with zero attached hydrogens (tertiary/aromatic N) is 2. The van der Waals surface area contributed by atoms with Crippen molar-refractivity contribution in [2.75, 3.05) is 51.7 Å². The molecule has 2 aliphatic heterocycles. The lowest BCUT2D eigenvalue weighted by atomic mass is 10.1. The van der Waals surface area contributed by atoms with Crippen LogP contribution in [0.2, 0.25) is 0 Å². The summed E-state index contributed by atoms with van der Waals surface area (Å²) in [6.45, 7) is 5.98. The first-order chi connectivity index (χ1) is 14.1. The van der Waals surface area contributed by atoms with Gasteiger partial charge in [0.15, 0.2) is 11.5 Å².